The van der Waals surface area contributed by atoms with Crippen molar-refractivity contribution in [3.05, 3.63) is 23.0 Å². The Kier molecular flexibility index (Phi) is 2.09. The zero-order valence-corrected chi connectivity index (χ0v) is 8.47. The van der Waals surface area contributed by atoms with E-state index >= 15 is 0 Å². The number of nitrogens with zero attached hydrogens (tertiary/aromatic N) is 1. The summed E-state index contributed by atoms with van der Waals surface area (Å²) in [5.74, 6) is 0.717. The van der Waals surface area contributed by atoms with Crippen molar-refractivity contribution in [3.63, 3.8) is 0 Å². The van der Waals surface area contributed by atoms with E-state index in [9.17, 15) is 0 Å². The lowest BCUT2D eigenvalue weighted by Gasteiger charge is -1.96. The van der Waals surface area contributed by atoms with Crippen LogP contribution in [-0.4, -0.2) is 9.97 Å². The molecule has 0 saturated heterocycles. The van der Waals surface area contributed by atoms with Crippen LogP contribution in [0.25, 0.3) is 11.0 Å². The predicted octanol–water partition coefficient (Wildman–Crippen LogP) is 1.82. The van der Waals surface area contributed by atoms with E-state index in [0.29, 0.717) is 16.5 Å². The van der Waals surface area contributed by atoms with Crippen LogP contribution in [0.5, 0.6) is 0 Å². The molecule has 2 aromatic rings. The molecule has 0 amide bonds. The van der Waals surface area contributed by atoms with Crippen LogP contribution in [0, 0.1) is 0 Å². The topological polar surface area (TPSA) is 80.7 Å². The Morgan fingerprint density at radius 3 is 2.86 bits per heavy atom. The Hall–Kier alpha value is -1.26. The van der Waals surface area contributed by atoms with Crippen molar-refractivity contribution < 1.29 is 0 Å². The monoisotopic (exact) mass is 210 g/mol. The molecule has 0 aliphatic rings. The van der Waals surface area contributed by atoms with E-state index in [4.69, 9.17) is 23.1 Å². The average molecular weight is 211 g/mol. The van der Waals surface area contributed by atoms with Gasteiger partial charge in [0.1, 0.15) is 11.3 Å². The molecule has 0 spiro atoms. The normalized spacial score (nSPS) is 13.4. The highest BCUT2D eigenvalue weighted by atomic mass is 35.5. The summed E-state index contributed by atoms with van der Waals surface area (Å²) in [4.78, 5) is 7.36. The van der Waals surface area contributed by atoms with Gasteiger partial charge in [0, 0.05) is 5.02 Å². The Labute approximate surface area is 86.3 Å². The number of anilines is 1. The Balaban J connectivity index is 2.70. The number of aromatic amines is 1. The highest BCUT2D eigenvalue weighted by molar-refractivity contribution is 6.31. The second kappa shape index (κ2) is 3.15. The van der Waals surface area contributed by atoms with Gasteiger partial charge in [-0.25, -0.2) is 4.98 Å². The molecule has 4 nitrogen and oxygen atoms in total. The van der Waals surface area contributed by atoms with Gasteiger partial charge in [-0.3, -0.25) is 0 Å². The first kappa shape index (κ1) is 9.30. The van der Waals surface area contributed by atoms with Gasteiger partial charge in [-0.2, -0.15) is 0 Å². The molecule has 1 aromatic carbocycles. The number of nitrogen functional groups attached to an aromatic ring is 1. The van der Waals surface area contributed by atoms with Gasteiger partial charge in [0.05, 0.1) is 17.2 Å². The van der Waals surface area contributed by atoms with Gasteiger partial charge in [-0.1, -0.05) is 11.6 Å². The zero-order valence-electron chi connectivity index (χ0n) is 7.71. The molecule has 0 aliphatic carbocycles. The molecule has 1 atom stereocenters. The molecule has 5 heteroatoms. The maximum Gasteiger partial charge on any atom is 0.124 e. The first-order valence-corrected chi connectivity index (χ1v) is 4.66. The zero-order chi connectivity index (χ0) is 10.3. The molecule has 0 radical (unpaired) electrons. The van der Waals surface area contributed by atoms with Gasteiger partial charge >= 0.3 is 0 Å². The van der Waals surface area contributed by atoms with E-state index < -0.39 is 0 Å². The van der Waals surface area contributed by atoms with Crippen LogP contribution < -0.4 is 11.5 Å². The third-order valence-electron chi connectivity index (χ3n) is 2.03. The molecular formula is C9H11ClN4. The van der Waals surface area contributed by atoms with Crippen LogP contribution in [0.15, 0.2) is 12.1 Å². The minimum atomic E-state index is -0.138. The van der Waals surface area contributed by atoms with Gasteiger partial charge in [-0.05, 0) is 19.1 Å². The molecular weight excluding hydrogens is 200 g/mol. The van der Waals surface area contributed by atoms with Crippen LogP contribution >= 0.6 is 11.6 Å². The lowest BCUT2D eigenvalue weighted by Crippen LogP contribution is -2.06. The number of nitrogens with one attached hydrogen (secondary N) is 1. The number of rotatable bonds is 1. The van der Waals surface area contributed by atoms with E-state index in [0.717, 1.165) is 11.0 Å². The minimum absolute atomic E-state index is 0.138. The third kappa shape index (κ3) is 1.42. The van der Waals surface area contributed by atoms with Crippen LogP contribution in [0.3, 0.4) is 0 Å². The Bertz CT molecular complexity index is 475. The van der Waals surface area contributed by atoms with Crippen molar-refractivity contribution in [3.8, 4) is 0 Å². The minimum Gasteiger partial charge on any atom is -0.397 e. The van der Waals surface area contributed by atoms with E-state index in [1.54, 1.807) is 12.1 Å². The first-order valence-electron chi connectivity index (χ1n) is 4.28. The first-order chi connectivity index (χ1) is 6.58. The Morgan fingerprint density at radius 1 is 1.50 bits per heavy atom. The summed E-state index contributed by atoms with van der Waals surface area (Å²) in [5, 5.41) is 0.592. The largest absolute Gasteiger partial charge is 0.397 e. The molecule has 1 aromatic heterocycles. The molecule has 1 heterocycles. The lowest BCUT2D eigenvalue weighted by atomic mass is 10.3. The highest BCUT2D eigenvalue weighted by Crippen LogP contribution is 2.24. The molecule has 0 bridgehead atoms. The van der Waals surface area contributed by atoms with Crippen LogP contribution in [-0.2, 0) is 0 Å². The van der Waals surface area contributed by atoms with Crippen LogP contribution in [0.2, 0.25) is 5.02 Å². The summed E-state index contributed by atoms with van der Waals surface area (Å²) in [6.45, 7) is 1.86. The smallest absolute Gasteiger partial charge is 0.124 e. The third-order valence-corrected chi connectivity index (χ3v) is 2.25. The van der Waals surface area contributed by atoms with Crippen molar-refractivity contribution in [1.82, 2.24) is 9.97 Å². The fourth-order valence-electron chi connectivity index (χ4n) is 1.34. The Morgan fingerprint density at radius 2 is 2.21 bits per heavy atom. The fourth-order valence-corrected chi connectivity index (χ4v) is 1.57. The quantitative estimate of drug-likeness (QED) is 0.628. The number of H-pyrrole nitrogens is 1. The summed E-state index contributed by atoms with van der Waals surface area (Å²) in [5.41, 5.74) is 13.6. The van der Waals surface area contributed by atoms with Crippen molar-refractivity contribution >= 4 is 28.3 Å². The van der Waals surface area contributed by atoms with Gasteiger partial charge in [0.25, 0.3) is 0 Å². The number of nitrogens with two attached hydrogens (primary N) is 2. The maximum atomic E-state index is 5.85. The standard InChI is InChI=1S/C9H11ClN4/c1-4(11)9-13-7-3-5(10)2-6(12)8(7)14-9/h2-4H,11-12H2,1H3,(H,13,14). The highest BCUT2D eigenvalue weighted by Gasteiger charge is 2.09. The summed E-state index contributed by atoms with van der Waals surface area (Å²) in [6.07, 6.45) is 0. The van der Waals surface area contributed by atoms with Crippen molar-refractivity contribution in [1.29, 1.82) is 0 Å². The molecule has 5 N–H and O–H groups in total. The summed E-state index contributed by atoms with van der Waals surface area (Å²) >= 11 is 5.85. The molecule has 2 rings (SSSR count). The molecule has 0 saturated carbocycles. The molecule has 14 heavy (non-hydrogen) atoms. The summed E-state index contributed by atoms with van der Waals surface area (Å²) in [6, 6.07) is 3.32. The molecule has 0 aliphatic heterocycles. The molecule has 0 fully saturated rings. The number of imidazole rings is 1. The predicted molar refractivity (Wildman–Crippen MR) is 58.1 cm³/mol. The van der Waals surface area contributed by atoms with E-state index in [1.165, 1.54) is 0 Å². The SMILES string of the molecule is CC(N)c1nc2c(N)cc(Cl)cc2[nH]1. The summed E-state index contributed by atoms with van der Waals surface area (Å²) in [7, 11) is 0. The van der Waals surface area contributed by atoms with Gasteiger partial charge in [0.15, 0.2) is 0 Å². The van der Waals surface area contributed by atoms with Gasteiger partial charge in [0.2, 0.25) is 0 Å². The second-order valence-electron chi connectivity index (χ2n) is 3.30. The van der Waals surface area contributed by atoms with Gasteiger partial charge < -0.3 is 16.5 Å². The van der Waals surface area contributed by atoms with E-state index in [-0.39, 0.29) is 6.04 Å². The van der Waals surface area contributed by atoms with Crippen molar-refractivity contribution in [2.24, 2.45) is 5.73 Å². The number of fused-ring (bicyclic) bond motifs is 1. The van der Waals surface area contributed by atoms with E-state index in [1.807, 2.05) is 6.92 Å². The van der Waals surface area contributed by atoms with Crippen LogP contribution in [0.4, 0.5) is 5.69 Å². The average Bonchev–Trinajstić information content (AvgIpc) is 2.47. The number of benzene rings is 1. The number of aromatic nitrogens is 2. The lowest BCUT2D eigenvalue weighted by molar-refractivity contribution is 0.760. The number of hydrogen-bond donors (Lipinski definition) is 3. The van der Waals surface area contributed by atoms with Crippen molar-refractivity contribution in [2.75, 3.05) is 5.73 Å². The molecule has 74 valence electrons. The van der Waals surface area contributed by atoms with Gasteiger partial charge in [-0.15, -0.1) is 0 Å². The molecule has 1 unspecified atom stereocenters. The fraction of sp³-hybridized carbons (Fsp3) is 0.222. The second-order valence-corrected chi connectivity index (χ2v) is 3.74. The van der Waals surface area contributed by atoms with Crippen LogP contribution in [0.1, 0.15) is 18.8 Å². The maximum absolute atomic E-state index is 5.85. The number of hydrogen-bond acceptors (Lipinski definition) is 3. The van der Waals surface area contributed by atoms with Crippen molar-refractivity contribution in [2.45, 2.75) is 13.0 Å². The summed E-state index contributed by atoms with van der Waals surface area (Å²) < 4.78 is 0. The number of halogens is 1. The van der Waals surface area contributed by atoms with E-state index in [2.05, 4.69) is 9.97 Å².